The third-order valence-corrected chi connectivity index (χ3v) is 7.06. The van der Waals surface area contributed by atoms with Crippen molar-refractivity contribution in [1.29, 1.82) is 0 Å². The first kappa shape index (κ1) is 20.4. The van der Waals surface area contributed by atoms with Gasteiger partial charge in [0, 0.05) is 13.1 Å². The fourth-order valence-corrected chi connectivity index (χ4v) is 5.10. The summed E-state index contributed by atoms with van der Waals surface area (Å²) in [6.45, 7) is 7.09. The molecule has 1 fully saturated rings. The summed E-state index contributed by atoms with van der Waals surface area (Å²) in [7, 11) is -3.85. The molecule has 0 bridgehead atoms. The maximum absolute atomic E-state index is 13.4. The van der Waals surface area contributed by atoms with Crippen LogP contribution in [0.25, 0.3) is 0 Å². The molecule has 1 aliphatic rings. The SMILES string of the molecule is Cc1ccc(S(=O)(=O)N(CC(=O)N2CCC[C@@H](C)C2)c2ccccc2C)cc1. The Bertz CT molecular complexity index is 939. The van der Waals surface area contributed by atoms with Crippen molar-refractivity contribution in [2.75, 3.05) is 23.9 Å². The molecule has 1 amide bonds. The fraction of sp³-hybridized carbons (Fsp3) is 0.409. The van der Waals surface area contributed by atoms with Gasteiger partial charge in [-0.3, -0.25) is 9.10 Å². The van der Waals surface area contributed by atoms with Crippen LogP contribution in [0.15, 0.2) is 53.4 Å². The van der Waals surface area contributed by atoms with Crippen LogP contribution < -0.4 is 4.31 Å². The number of sulfonamides is 1. The first-order chi connectivity index (χ1) is 13.3. The van der Waals surface area contributed by atoms with Gasteiger partial charge in [0.2, 0.25) is 5.91 Å². The van der Waals surface area contributed by atoms with Crippen LogP contribution in [-0.2, 0) is 14.8 Å². The van der Waals surface area contributed by atoms with Gasteiger partial charge in [-0.25, -0.2) is 8.42 Å². The highest BCUT2D eigenvalue weighted by molar-refractivity contribution is 7.92. The van der Waals surface area contributed by atoms with E-state index in [1.54, 1.807) is 41.3 Å². The van der Waals surface area contributed by atoms with Crippen molar-refractivity contribution in [3.05, 3.63) is 59.7 Å². The van der Waals surface area contributed by atoms with E-state index in [-0.39, 0.29) is 17.3 Å². The number of likely N-dealkylation sites (tertiary alicyclic amines) is 1. The van der Waals surface area contributed by atoms with Gasteiger partial charge in [0.1, 0.15) is 6.54 Å². The topological polar surface area (TPSA) is 57.7 Å². The Balaban J connectivity index is 1.97. The van der Waals surface area contributed by atoms with E-state index in [4.69, 9.17) is 0 Å². The van der Waals surface area contributed by atoms with Gasteiger partial charge in [-0.05, 0) is 56.4 Å². The molecule has 0 radical (unpaired) electrons. The molecule has 1 saturated heterocycles. The van der Waals surface area contributed by atoms with E-state index in [2.05, 4.69) is 6.92 Å². The van der Waals surface area contributed by atoms with Gasteiger partial charge in [0.05, 0.1) is 10.6 Å². The van der Waals surface area contributed by atoms with Crippen LogP contribution in [0.5, 0.6) is 0 Å². The molecule has 6 heteroatoms. The Morgan fingerprint density at radius 1 is 1.11 bits per heavy atom. The van der Waals surface area contributed by atoms with Crippen molar-refractivity contribution >= 4 is 21.6 Å². The number of para-hydroxylation sites is 1. The largest absolute Gasteiger partial charge is 0.341 e. The van der Waals surface area contributed by atoms with E-state index in [1.807, 2.05) is 26.0 Å². The van der Waals surface area contributed by atoms with Crippen molar-refractivity contribution in [1.82, 2.24) is 4.90 Å². The third-order valence-electron chi connectivity index (χ3n) is 5.28. The molecular weight excluding hydrogens is 372 g/mol. The normalized spacial score (nSPS) is 17.4. The van der Waals surface area contributed by atoms with Crippen molar-refractivity contribution in [2.24, 2.45) is 5.92 Å². The molecule has 28 heavy (non-hydrogen) atoms. The average molecular weight is 401 g/mol. The molecule has 5 nitrogen and oxygen atoms in total. The number of anilines is 1. The average Bonchev–Trinajstić information content (AvgIpc) is 2.67. The highest BCUT2D eigenvalue weighted by Crippen LogP contribution is 2.27. The molecule has 150 valence electrons. The Morgan fingerprint density at radius 2 is 1.79 bits per heavy atom. The van der Waals surface area contributed by atoms with Crippen LogP contribution >= 0.6 is 0 Å². The lowest BCUT2D eigenvalue weighted by molar-refractivity contribution is -0.131. The molecule has 1 atom stereocenters. The van der Waals surface area contributed by atoms with Gasteiger partial charge >= 0.3 is 0 Å². The second kappa shape index (κ2) is 8.35. The van der Waals surface area contributed by atoms with E-state index in [9.17, 15) is 13.2 Å². The molecular formula is C22H28N2O3S. The summed E-state index contributed by atoms with van der Waals surface area (Å²) < 4.78 is 28.1. The van der Waals surface area contributed by atoms with Gasteiger partial charge in [-0.2, -0.15) is 0 Å². The van der Waals surface area contributed by atoms with Crippen molar-refractivity contribution < 1.29 is 13.2 Å². The Kier molecular flexibility index (Phi) is 6.08. The number of benzene rings is 2. The van der Waals surface area contributed by atoms with Crippen LogP contribution in [0.3, 0.4) is 0 Å². The Morgan fingerprint density at radius 3 is 2.43 bits per heavy atom. The minimum atomic E-state index is -3.85. The number of piperidine rings is 1. The monoisotopic (exact) mass is 400 g/mol. The second-order valence-electron chi connectivity index (χ2n) is 7.70. The van der Waals surface area contributed by atoms with Gasteiger partial charge in [0.25, 0.3) is 10.0 Å². The number of amides is 1. The molecule has 0 N–H and O–H groups in total. The highest BCUT2D eigenvalue weighted by Gasteiger charge is 2.30. The minimum absolute atomic E-state index is 0.148. The lowest BCUT2D eigenvalue weighted by Crippen LogP contribution is -2.46. The summed E-state index contributed by atoms with van der Waals surface area (Å²) in [6, 6.07) is 14.0. The zero-order valence-corrected chi connectivity index (χ0v) is 17.6. The minimum Gasteiger partial charge on any atom is -0.341 e. The molecule has 0 spiro atoms. The first-order valence-electron chi connectivity index (χ1n) is 9.72. The predicted molar refractivity (Wildman–Crippen MR) is 112 cm³/mol. The Hall–Kier alpha value is -2.34. The van der Waals surface area contributed by atoms with Crippen LogP contribution in [0.4, 0.5) is 5.69 Å². The van der Waals surface area contributed by atoms with E-state index < -0.39 is 10.0 Å². The number of aryl methyl sites for hydroxylation is 2. The number of carbonyl (C=O) groups excluding carboxylic acids is 1. The van der Waals surface area contributed by atoms with Gasteiger partial charge < -0.3 is 4.90 Å². The van der Waals surface area contributed by atoms with E-state index >= 15 is 0 Å². The highest BCUT2D eigenvalue weighted by atomic mass is 32.2. The summed E-state index contributed by atoms with van der Waals surface area (Å²) >= 11 is 0. The third kappa shape index (κ3) is 4.38. The lowest BCUT2D eigenvalue weighted by Gasteiger charge is -2.33. The molecule has 2 aromatic carbocycles. The molecule has 1 aliphatic heterocycles. The second-order valence-corrected chi connectivity index (χ2v) is 9.56. The molecule has 2 aromatic rings. The maximum Gasteiger partial charge on any atom is 0.264 e. The summed E-state index contributed by atoms with van der Waals surface area (Å²) in [5, 5.41) is 0. The van der Waals surface area contributed by atoms with Crippen molar-refractivity contribution in [3.63, 3.8) is 0 Å². The number of rotatable bonds is 5. The zero-order valence-electron chi connectivity index (χ0n) is 16.8. The van der Waals surface area contributed by atoms with Crippen LogP contribution in [0.2, 0.25) is 0 Å². The van der Waals surface area contributed by atoms with Crippen LogP contribution in [-0.4, -0.2) is 38.9 Å². The first-order valence-corrected chi connectivity index (χ1v) is 11.2. The predicted octanol–water partition coefficient (Wildman–Crippen LogP) is 3.76. The fourth-order valence-electron chi connectivity index (χ4n) is 3.62. The molecule has 0 aliphatic carbocycles. The maximum atomic E-state index is 13.4. The molecule has 3 rings (SSSR count). The summed E-state index contributed by atoms with van der Waals surface area (Å²) in [4.78, 5) is 15.0. The van der Waals surface area contributed by atoms with Crippen LogP contribution in [0.1, 0.15) is 30.9 Å². The van der Waals surface area contributed by atoms with Crippen molar-refractivity contribution in [2.45, 2.75) is 38.5 Å². The molecule has 0 aromatic heterocycles. The van der Waals surface area contributed by atoms with Crippen LogP contribution in [0, 0.1) is 19.8 Å². The quantitative estimate of drug-likeness (QED) is 0.768. The summed E-state index contributed by atoms with van der Waals surface area (Å²) in [5.41, 5.74) is 2.35. The Labute approximate surface area is 168 Å². The zero-order chi connectivity index (χ0) is 20.3. The molecule has 1 heterocycles. The smallest absolute Gasteiger partial charge is 0.264 e. The van der Waals surface area contributed by atoms with Gasteiger partial charge in [0.15, 0.2) is 0 Å². The van der Waals surface area contributed by atoms with Crippen molar-refractivity contribution in [3.8, 4) is 0 Å². The number of hydrogen-bond acceptors (Lipinski definition) is 3. The number of hydrogen-bond donors (Lipinski definition) is 0. The molecule has 0 unspecified atom stereocenters. The van der Waals surface area contributed by atoms with E-state index in [1.165, 1.54) is 4.31 Å². The van der Waals surface area contributed by atoms with Gasteiger partial charge in [-0.15, -0.1) is 0 Å². The number of nitrogens with zero attached hydrogens (tertiary/aromatic N) is 2. The summed E-state index contributed by atoms with van der Waals surface area (Å²) in [6.07, 6.45) is 2.06. The number of carbonyl (C=O) groups is 1. The standard InChI is InChI=1S/C22H28N2O3S/c1-17-10-12-20(13-11-17)28(26,27)24(21-9-5-4-8-19(21)3)16-22(25)23-14-6-7-18(2)15-23/h4-5,8-13,18H,6-7,14-16H2,1-3H3/t18-/m1/s1. The van der Waals surface area contributed by atoms with E-state index in [0.717, 1.165) is 24.0 Å². The lowest BCUT2D eigenvalue weighted by atomic mass is 10.0. The molecule has 0 saturated carbocycles. The van der Waals surface area contributed by atoms with E-state index in [0.29, 0.717) is 24.7 Å². The summed E-state index contributed by atoms with van der Waals surface area (Å²) in [5.74, 6) is 0.295. The van der Waals surface area contributed by atoms with Gasteiger partial charge in [-0.1, -0.05) is 42.8 Å².